The van der Waals surface area contributed by atoms with E-state index in [4.69, 9.17) is 5.73 Å². The number of aliphatic hydroxyl groups excluding tert-OH is 5. The van der Waals surface area contributed by atoms with Crippen molar-refractivity contribution in [1.29, 1.82) is 0 Å². The maximum atomic E-state index is 13.7. The van der Waals surface area contributed by atoms with Crippen LogP contribution in [-0.2, 0) is 25.6 Å². The highest BCUT2D eigenvalue weighted by atomic mass is 16.3. The lowest BCUT2D eigenvalue weighted by Crippen LogP contribution is -2.65. The molecule has 41 heavy (non-hydrogen) atoms. The third kappa shape index (κ3) is 7.19. The van der Waals surface area contributed by atoms with E-state index in [1.165, 1.54) is 9.91 Å². The number of carbonyl (C=O) groups excluding carboxylic acids is 4. The van der Waals surface area contributed by atoms with Gasteiger partial charge in [-0.15, -0.1) is 0 Å². The molecule has 0 radical (unpaired) electrons. The lowest BCUT2D eigenvalue weighted by Gasteiger charge is -2.40. The number of rotatable bonds is 9. The van der Waals surface area contributed by atoms with E-state index < -0.39 is 78.8 Å². The zero-order chi connectivity index (χ0) is 29.8. The first kappa shape index (κ1) is 30.8. The molecule has 0 spiro atoms. The van der Waals surface area contributed by atoms with Crippen molar-refractivity contribution >= 4 is 23.6 Å². The van der Waals surface area contributed by atoms with Crippen molar-refractivity contribution in [3.63, 3.8) is 0 Å². The highest BCUT2D eigenvalue weighted by Crippen LogP contribution is 2.26. The summed E-state index contributed by atoms with van der Waals surface area (Å²) in [5, 5.41) is 54.1. The van der Waals surface area contributed by atoms with E-state index in [-0.39, 0.29) is 45.4 Å². The Balaban J connectivity index is 1.44. The predicted molar refractivity (Wildman–Crippen MR) is 141 cm³/mol. The average Bonchev–Trinajstić information content (AvgIpc) is 3.53. The molecule has 3 aliphatic heterocycles. The largest absolute Gasteiger partial charge is 0.395 e. The van der Waals surface area contributed by atoms with Crippen LogP contribution in [0.4, 0.5) is 0 Å². The van der Waals surface area contributed by atoms with E-state index in [0.29, 0.717) is 0 Å². The van der Waals surface area contributed by atoms with Crippen molar-refractivity contribution in [2.24, 2.45) is 5.73 Å². The Kier molecular flexibility index (Phi) is 9.91. The molecule has 0 bridgehead atoms. The SMILES string of the molecule is NC(=O)[C@H](Cc1ccccc1)NC(=O)[C@@H]1C[C@@H](O)CN1C(=O)[C@@H]1C[C@@H](O)CN1C(=O)CN1C[C@@H](O)[C@H](O)[C@@H](CO)N1. The van der Waals surface area contributed by atoms with Crippen LogP contribution in [0.25, 0.3) is 0 Å². The number of primary amides is 1. The minimum absolute atomic E-state index is 0.0852. The summed E-state index contributed by atoms with van der Waals surface area (Å²) in [5.74, 6) is -2.64. The first-order chi connectivity index (χ1) is 19.5. The van der Waals surface area contributed by atoms with Gasteiger partial charge in [-0.3, -0.25) is 19.2 Å². The van der Waals surface area contributed by atoms with Crippen LogP contribution in [0.15, 0.2) is 30.3 Å². The zero-order valence-corrected chi connectivity index (χ0v) is 22.5. The van der Waals surface area contributed by atoms with Gasteiger partial charge in [0.05, 0.1) is 37.5 Å². The molecule has 15 nitrogen and oxygen atoms in total. The third-order valence-electron chi connectivity index (χ3n) is 7.78. The molecule has 3 fully saturated rings. The molecule has 0 saturated carbocycles. The number of nitrogens with zero attached hydrogens (tertiary/aromatic N) is 3. The summed E-state index contributed by atoms with van der Waals surface area (Å²) in [6.07, 6.45) is -4.53. The Morgan fingerprint density at radius 1 is 0.951 bits per heavy atom. The van der Waals surface area contributed by atoms with E-state index >= 15 is 0 Å². The fraction of sp³-hybridized carbons (Fsp3) is 0.615. The van der Waals surface area contributed by atoms with Crippen molar-refractivity contribution in [2.45, 2.75) is 67.8 Å². The van der Waals surface area contributed by atoms with Crippen molar-refractivity contribution in [2.75, 3.05) is 32.8 Å². The Morgan fingerprint density at radius 2 is 1.59 bits per heavy atom. The van der Waals surface area contributed by atoms with Gasteiger partial charge in [0.25, 0.3) is 0 Å². The van der Waals surface area contributed by atoms with Gasteiger partial charge in [-0.25, -0.2) is 10.4 Å². The molecular weight excluding hydrogens is 540 g/mol. The second-order valence-electron chi connectivity index (χ2n) is 10.9. The van der Waals surface area contributed by atoms with Gasteiger partial charge in [-0.2, -0.15) is 0 Å². The summed E-state index contributed by atoms with van der Waals surface area (Å²) in [5.41, 5.74) is 9.05. The minimum atomic E-state index is -1.24. The van der Waals surface area contributed by atoms with Crippen LogP contribution >= 0.6 is 0 Å². The molecule has 4 amide bonds. The van der Waals surface area contributed by atoms with Crippen LogP contribution in [0.1, 0.15) is 18.4 Å². The molecule has 226 valence electrons. The third-order valence-corrected chi connectivity index (χ3v) is 7.78. The minimum Gasteiger partial charge on any atom is -0.395 e. The van der Waals surface area contributed by atoms with Crippen LogP contribution in [0.5, 0.6) is 0 Å². The highest BCUT2D eigenvalue weighted by molar-refractivity contribution is 5.95. The van der Waals surface area contributed by atoms with Crippen molar-refractivity contribution < 1.29 is 44.7 Å². The number of nitrogens with two attached hydrogens (primary N) is 1. The lowest BCUT2D eigenvalue weighted by molar-refractivity contribution is -0.149. The van der Waals surface area contributed by atoms with Gasteiger partial charge in [0, 0.05) is 38.9 Å². The summed E-state index contributed by atoms with van der Waals surface area (Å²) in [6, 6.07) is 4.72. The topological polar surface area (TPSA) is 229 Å². The summed E-state index contributed by atoms with van der Waals surface area (Å²) in [7, 11) is 0. The first-order valence-corrected chi connectivity index (χ1v) is 13.6. The van der Waals surface area contributed by atoms with E-state index in [0.717, 1.165) is 10.5 Å². The zero-order valence-electron chi connectivity index (χ0n) is 22.5. The number of nitrogens with one attached hydrogen (secondary N) is 2. The molecule has 8 atom stereocenters. The van der Waals surface area contributed by atoms with Gasteiger partial charge in [-0.1, -0.05) is 30.3 Å². The molecule has 1 aromatic carbocycles. The monoisotopic (exact) mass is 578 g/mol. The molecule has 3 heterocycles. The van der Waals surface area contributed by atoms with Crippen molar-refractivity contribution in [3.05, 3.63) is 35.9 Å². The van der Waals surface area contributed by atoms with Gasteiger partial charge >= 0.3 is 0 Å². The maximum absolute atomic E-state index is 13.7. The molecule has 9 N–H and O–H groups in total. The Morgan fingerprint density at radius 3 is 2.22 bits per heavy atom. The Labute approximate surface area is 236 Å². The van der Waals surface area contributed by atoms with E-state index in [9.17, 15) is 44.7 Å². The molecule has 3 saturated heterocycles. The van der Waals surface area contributed by atoms with Crippen LogP contribution in [0, 0.1) is 0 Å². The fourth-order valence-electron chi connectivity index (χ4n) is 5.64. The van der Waals surface area contributed by atoms with Crippen LogP contribution in [-0.4, -0.2) is 145 Å². The van der Waals surface area contributed by atoms with Gasteiger partial charge < -0.3 is 46.4 Å². The van der Waals surface area contributed by atoms with Gasteiger partial charge in [0.1, 0.15) is 24.2 Å². The van der Waals surface area contributed by atoms with Gasteiger partial charge in [-0.05, 0) is 5.56 Å². The second kappa shape index (κ2) is 13.2. The molecule has 0 aromatic heterocycles. The van der Waals surface area contributed by atoms with Crippen molar-refractivity contribution in [3.8, 4) is 0 Å². The number of carbonyl (C=O) groups is 4. The standard InChI is InChI=1S/C26H38N6O9/c27-24(39)17(6-14-4-2-1-3-5-14)28-25(40)19-7-15(34)10-32(19)26(41)20-8-16(35)9-31(20)22(37)12-30-11-21(36)23(38)18(13-33)29-30/h1-5,15-21,23,29,33-36,38H,6-13H2,(H2,27,39)(H,28,40)/t15-,16-,17+,18-,19+,20+,21-,23-/m1/s1. The molecule has 0 aliphatic carbocycles. The first-order valence-electron chi connectivity index (χ1n) is 13.6. The Hall–Kier alpha value is -3.18. The number of amides is 4. The van der Waals surface area contributed by atoms with Crippen LogP contribution in [0.2, 0.25) is 0 Å². The molecular formula is C26H38N6O9. The summed E-state index contributed by atoms with van der Waals surface area (Å²) < 4.78 is 0. The van der Waals surface area contributed by atoms with E-state index in [2.05, 4.69) is 10.7 Å². The predicted octanol–water partition coefficient (Wildman–Crippen LogP) is -4.97. The average molecular weight is 579 g/mol. The highest BCUT2D eigenvalue weighted by Gasteiger charge is 2.47. The summed E-state index contributed by atoms with van der Waals surface area (Å²) in [6.45, 7) is -1.27. The van der Waals surface area contributed by atoms with Crippen molar-refractivity contribution in [1.82, 2.24) is 25.6 Å². The molecule has 4 rings (SSSR count). The molecule has 1 aromatic rings. The summed E-state index contributed by atoms with van der Waals surface area (Å²) >= 11 is 0. The number of hydrazine groups is 1. The quantitative estimate of drug-likeness (QED) is 0.138. The molecule has 0 unspecified atom stereocenters. The van der Waals surface area contributed by atoms with Crippen LogP contribution in [0.3, 0.4) is 0 Å². The Bertz CT molecular complexity index is 1110. The smallest absolute Gasteiger partial charge is 0.246 e. The van der Waals surface area contributed by atoms with E-state index in [1.807, 2.05) is 0 Å². The molecule has 3 aliphatic rings. The van der Waals surface area contributed by atoms with Crippen LogP contribution < -0.4 is 16.5 Å². The van der Waals surface area contributed by atoms with Gasteiger partial charge in [0.15, 0.2) is 0 Å². The summed E-state index contributed by atoms with van der Waals surface area (Å²) in [4.78, 5) is 54.6. The normalized spacial score (nSPS) is 31.2. The maximum Gasteiger partial charge on any atom is 0.246 e. The fourth-order valence-corrected chi connectivity index (χ4v) is 5.64. The van der Waals surface area contributed by atoms with Gasteiger partial charge in [0.2, 0.25) is 23.6 Å². The number of benzene rings is 1. The lowest BCUT2D eigenvalue weighted by atomic mass is 10.0. The molecule has 15 heteroatoms. The number of aliphatic hydroxyl groups is 5. The number of hydrogen-bond donors (Lipinski definition) is 8. The number of hydrogen-bond acceptors (Lipinski definition) is 11. The number of likely N-dealkylation sites (tertiary alicyclic amines) is 2. The second-order valence-corrected chi connectivity index (χ2v) is 10.9. The number of β-amino-alcohol motifs (C(OH)–C–C–N with tert-alkyl or cyclic N) is 3. The van der Waals surface area contributed by atoms with E-state index in [1.54, 1.807) is 30.3 Å².